The summed E-state index contributed by atoms with van der Waals surface area (Å²) in [6.07, 6.45) is 0. The van der Waals surface area contributed by atoms with Crippen LogP contribution in [0.5, 0.6) is 5.75 Å². The quantitative estimate of drug-likeness (QED) is 0.619. The molecular weight excluding hydrogens is 284 g/mol. The fraction of sp³-hybridized carbons (Fsp3) is 0.214. The van der Waals surface area contributed by atoms with Crippen LogP contribution in [0.15, 0.2) is 35.7 Å². The van der Waals surface area contributed by atoms with Gasteiger partial charge in [0.1, 0.15) is 23.8 Å². The van der Waals surface area contributed by atoms with Gasteiger partial charge in [0, 0.05) is 0 Å². The number of aryl methyl sites for hydroxylation is 1. The summed E-state index contributed by atoms with van der Waals surface area (Å²) in [5, 5.41) is 2.41. The van der Waals surface area contributed by atoms with E-state index in [1.54, 1.807) is 12.1 Å². The molecular formula is C14H13ClO3S. The fourth-order valence-corrected chi connectivity index (χ4v) is 2.50. The highest BCUT2D eigenvalue weighted by molar-refractivity contribution is 7.12. The minimum Gasteiger partial charge on any atom is -0.488 e. The zero-order chi connectivity index (χ0) is 13.7. The van der Waals surface area contributed by atoms with Gasteiger partial charge in [-0.1, -0.05) is 23.7 Å². The molecule has 0 fully saturated rings. The van der Waals surface area contributed by atoms with Crippen LogP contribution in [-0.2, 0) is 4.74 Å². The lowest BCUT2D eigenvalue weighted by Gasteiger charge is -2.08. The Morgan fingerprint density at radius 3 is 2.74 bits per heavy atom. The second-order valence-electron chi connectivity index (χ2n) is 3.85. The molecule has 0 aliphatic carbocycles. The lowest BCUT2D eigenvalue weighted by molar-refractivity contribution is 0.0455. The van der Waals surface area contributed by atoms with Gasteiger partial charge in [-0.15, -0.1) is 11.3 Å². The Hall–Kier alpha value is -1.52. The molecule has 1 aromatic heterocycles. The van der Waals surface area contributed by atoms with Crippen LogP contribution in [0, 0.1) is 6.92 Å². The van der Waals surface area contributed by atoms with E-state index in [-0.39, 0.29) is 19.2 Å². The van der Waals surface area contributed by atoms with Gasteiger partial charge in [0.05, 0.1) is 5.02 Å². The largest absolute Gasteiger partial charge is 0.488 e. The normalized spacial score (nSPS) is 10.2. The number of hydrogen-bond donors (Lipinski definition) is 0. The topological polar surface area (TPSA) is 35.5 Å². The lowest BCUT2D eigenvalue weighted by Crippen LogP contribution is -2.12. The molecule has 0 saturated carbocycles. The molecule has 0 amide bonds. The Morgan fingerprint density at radius 2 is 2.05 bits per heavy atom. The second-order valence-corrected chi connectivity index (χ2v) is 5.17. The van der Waals surface area contributed by atoms with E-state index < -0.39 is 0 Å². The first-order valence-electron chi connectivity index (χ1n) is 5.77. The molecule has 0 unspecified atom stereocenters. The maximum atomic E-state index is 11.7. The monoisotopic (exact) mass is 296 g/mol. The van der Waals surface area contributed by atoms with Crippen molar-refractivity contribution in [2.45, 2.75) is 6.92 Å². The SMILES string of the molecule is Cc1ccsc1C(=O)OCCOc1ccccc1Cl. The molecule has 5 heteroatoms. The third-order valence-electron chi connectivity index (χ3n) is 2.46. The Labute approximate surface area is 120 Å². The molecule has 0 N–H and O–H groups in total. The van der Waals surface area contributed by atoms with E-state index in [0.29, 0.717) is 15.6 Å². The number of benzene rings is 1. The van der Waals surface area contributed by atoms with Crippen LogP contribution in [0.25, 0.3) is 0 Å². The van der Waals surface area contributed by atoms with Crippen molar-refractivity contribution in [1.82, 2.24) is 0 Å². The highest BCUT2D eigenvalue weighted by Crippen LogP contribution is 2.23. The van der Waals surface area contributed by atoms with Gasteiger partial charge >= 0.3 is 5.97 Å². The zero-order valence-electron chi connectivity index (χ0n) is 10.4. The number of rotatable bonds is 5. The lowest BCUT2D eigenvalue weighted by atomic mass is 10.3. The van der Waals surface area contributed by atoms with Crippen LogP contribution in [0.1, 0.15) is 15.2 Å². The number of ether oxygens (including phenoxy) is 2. The standard InChI is InChI=1S/C14H13ClO3S/c1-10-6-9-19-13(10)14(16)18-8-7-17-12-5-3-2-4-11(12)15/h2-6,9H,7-8H2,1H3. The van der Waals surface area contributed by atoms with E-state index in [0.717, 1.165) is 5.56 Å². The van der Waals surface area contributed by atoms with E-state index in [1.165, 1.54) is 11.3 Å². The molecule has 0 spiro atoms. The van der Waals surface area contributed by atoms with Gasteiger partial charge in [0.2, 0.25) is 0 Å². The van der Waals surface area contributed by atoms with Crippen molar-refractivity contribution >= 4 is 28.9 Å². The van der Waals surface area contributed by atoms with Crippen molar-refractivity contribution in [3.05, 3.63) is 51.2 Å². The average molecular weight is 297 g/mol. The summed E-state index contributed by atoms with van der Waals surface area (Å²) in [6.45, 7) is 2.36. The van der Waals surface area contributed by atoms with E-state index in [1.807, 2.05) is 30.5 Å². The third kappa shape index (κ3) is 3.72. The Balaban J connectivity index is 1.77. The minimum atomic E-state index is -0.310. The number of hydrogen-bond acceptors (Lipinski definition) is 4. The smallest absolute Gasteiger partial charge is 0.348 e. The van der Waals surface area contributed by atoms with E-state index in [2.05, 4.69) is 0 Å². The van der Waals surface area contributed by atoms with Crippen LogP contribution in [0.2, 0.25) is 5.02 Å². The molecule has 1 aromatic carbocycles. The molecule has 3 nitrogen and oxygen atoms in total. The van der Waals surface area contributed by atoms with Crippen molar-refractivity contribution in [2.24, 2.45) is 0 Å². The Morgan fingerprint density at radius 1 is 1.26 bits per heavy atom. The molecule has 2 rings (SSSR count). The summed E-state index contributed by atoms with van der Waals surface area (Å²) in [4.78, 5) is 12.3. The Kier molecular flexibility index (Phi) is 4.82. The maximum absolute atomic E-state index is 11.7. The van der Waals surface area contributed by atoms with E-state index >= 15 is 0 Å². The number of halogens is 1. The minimum absolute atomic E-state index is 0.196. The molecule has 1 heterocycles. The van der Waals surface area contributed by atoms with Crippen molar-refractivity contribution in [2.75, 3.05) is 13.2 Å². The first-order valence-corrected chi connectivity index (χ1v) is 7.03. The summed E-state index contributed by atoms with van der Waals surface area (Å²) in [6, 6.07) is 9.07. The van der Waals surface area contributed by atoms with Crippen LogP contribution in [0.4, 0.5) is 0 Å². The van der Waals surface area contributed by atoms with Crippen LogP contribution >= 0.6 is 22.9 Å². The molecule has 0 bridgehead atoms. The van der Waals surface area contributed by atoms with Gasteiger partial charge in [-0.3, -0.25) is 0 Å². The first-order chi connectivity index (χ1) is 9.18. The van der Waals surface area contributed by atoms with Crippen LogP contribution < -0.4 is 4.74 Å². The highest BCUT2D eigenvalue weighted by atomic mass is 35.5. The van der Waals surface area contributed by atoms with Crippen molar-refractivity contribution in [3.63, 3.8) is 0 Å². The predicted octanol–water partition coefficient (Wildman–Crippen LogP) is 3.95. The molecule has 0 atom stereocenters. The van der Waals surface area contributed by atoms with Gasteiger partial charge in [0.25, 0.3) is 0 Å². The van der Waals surface area contributed by atoms with Crippen molar-refractivity contribution < 1.29 is 14.3 Å². The molecule has 19 heavy (non-hydrogen) atoms. The number of para-hydroxylation sites is 1. The molecule has 100 valence electrons. The number of thiophene rings is 1. The summed E-state index contributed by atoms with van der Waals surface area (Å²) in [5.74, 6) is 0.280. The molecule has 0 aliphatic heterocycles. The van der Waals surface area contributed by atoms with Crippen molar-refractivity contribution in [1.29, 1.82) is 0 Å². The number of carbonyl (C=O) groups excluding carboxylic acids is 1. The summed E-state index contributed by atoms with van der Waals surface area (Å²) in [7, 11) is 0. The zero-order valence-corrected chi connectivity index (χ0v) is 12.0. The van der Waals surface area contributed by atoms with Crippen molar-refractivity contribution in [3.8, 4) is 5.75 Å². The summed E-state index contributed by atoms with van der Waals surface area (Å²) in [5.41, 5.74) is 0.932. The van der Waals surface area contributed by atoms with Gasteiger partial charge in [0.15, 0.2) is 0 Å². The van der Waals surface area contributed by atoms with E-state index in [4.69, 9.17) is 21.1 Å². The number of carbonyl (C=O) groups is 1. The maximum Gasteiger partial charge on any atom is 0.348 e. The van der Waals surface area contributed by atoms with Gasteiger partial charge in [-0.05, 0) is 36.1 Å². The number of esters is 1. The second kappa shape index (κ2) is 6.59. The molecule has 0 aliphatic rings. The Bertz CT molecular complexity index is 565. The summed E-state index contributed by atoms with van der Waals surface area (Å²) < 4.78 is 10.6. The predicted molar refractivity (Wildman–Crippen MR) is 76.3 cm³/mol. The fourth-order valence-electron chi connectivity index (χ4n) is 1.50. The van der Waals surface area contributed by atoms with Gasteiger partial charge < -0.3 is 9.47 Å². The van der Waals surface area contributed by atoms with Crippen LogP contribution in [0.3, 0.4) is 0 Å². The van der Waals surface area contributed by atoms with Crippen LogP contribution in [-0.4, -0.2) is 19.2 Å². The summed E-state index contributed by atoms with van der Waals surface area (Å²) >= 11 is 7.31. The third-order valence-corrected chi connectivity index (χ3v) is 3.77. The molecule has 0 saturated heterocycles. The highest BCUT2D eigenvalue weighted by Gasteiger charge is 2.11. The first kappa shape index (κ1) is 13.9. The molecule has 0 radical (unpaired) electrons. The van der Waals surface area contributed by atoms with Gasteiger partial charge in [-0.2, -0.15) is 0 Å². The molecule has 2 aromatic rings. The van der Waals surface area contributed by atoms with E-state index in [9.17, 15) is 4.79 Å². The van der Waals surface area contributed by atoms with Gasteiger partial charge in [-0.25, -0.2) is 4.79 Å². The average Bonchev–Trinajstić information content (AvgIpc) is 2.82.